The molecule has 0 saturated carbocycles. The van der Waals surface area contributed by atoms with Crippen LogP contribution < -0.4 is 20.9 Å². The van der Waals surface area contributed by atoms with E-state index in [-0.39, 0.29) is 30.2 Å². The van der Waals surface area contributed by atoms with E-state index in [1.54, 1.807) is 0 Å². The molecule has 1 aromatic carbocycles. The first-order valence-corrected chi connectivity index (χ1v) is 9.53. The normalized spacial score (nSPS) is 17.6. The number of carbonyl (C=O) groups excluding carboxylic acids is 2. The number of halogens is 5. The summed E-state index contributed by atoms with van der Waals surface area (Å²) in [6.45, 7) is -1.20. The van der Waals surface area contributed by atoms with Crippen LogP contribution in [0.3, 0.4) is 0 Å². The lowest BCUT2D eigenvalue weighted by Gasteiger charge is -2.24. The number of benzene rings is 1. The molecule has 2 amide bonds. The smallest absolute Gasteiger partial charge is 0.488 e. The Morgan fingerprint density at radius 2 is 1.88 bits per heavy atom. The molecule has 178 valence electrons. The molecule has 1 fully saturated rings. The first-order chi connectivity index (χ1) is 15.3. The zero-order chi connectivity index (χ0) is 24.4. The van der Waals surface area contributed by atoms with Crippen LogP contribution in [0.5, 0.6) is 11.5 Å². The molecule has 2 aromatic rings. The highest BCUT2D eigenvalue weighted by Crippen LogP contribution is 2.33. The van der Waals surface area contributed by atoms with Crippen LogP contribution in [-0.4, -0.2) is 53.2 Å². The van der Waals surface area contributed by atoms with E-state index >= 15 is 0 Å². The second-order valence-corrected chi connectivity index (χ2v) is 7.39. The highest BCUT2D eigenvalue weighted by Gasteiger charge is 2.47. The summed E-state index contributed by atoms with van der Waals surface area (Å²) >= 11 is 0. The van der Waals surface area contributed by atoms with Gasteiger partial charge in [0.2, 0.25) is 11.8 Å². The van der Waals surface area contributed by atoms with Crippen molar-refractivity contribution in [1.29, 1.82) is 0 Å². The van der Waals surface area contributed by atoms with Gasteiger partial charge in [0.1, 0.15) is 12.4 Å². The maximum Gasteiger partial charge on any atom is 0.573 e. The lowest BCUT2D eigenvalue weighted by atomic mass is 10.1. The number of alkyl halides is 5. The molecule has 1 aliphatic rings. The van der Waals surface area contributed by atoms with Crippen molar-refractivity contribution in [2.24, 2.45) is 5.73 Å². The number of rotatable bonds is 7. The zero-order valence-corrected chi connectivity index (χ0v) is 16.9. The fourth-order valence-electron chi connectivity index (χ4n) is 3.32. The van der Waals surface area contributed by atoms with Crippen molar-refractivity contribution >= 4 is 17.6 Å². The van der Waals surface area contributed by atoms with Crippen molar-refractivity contribution in [3.05, 3.63) is 47.7 Å². The van der Waals surface area contributed by atoms with Crippen LogP contribution >= 0.6 is 0 Å². The molecule has 1 aromatic heterocycles. The molecule has 1 aliphatic heterocycles. The maximum atomic E-state index is 14.1. The van der Waals surface area contributed by atoms with Gasteiger partial charge in [0.05, 0.1) is 24.6 Å². The minimum Gasteiger partial charge on any atom is -0.488 e. The van der Waals surface area contributed by atoms with Crippen molar-refractivity contribution in [1.82, 2.24) is 9.88 Å². The Balaban J connectivity index is 1.67. The molecule has 1 saturated heterocycles. The van der Waals surface area contributed by atoms with Crippen LogP contribution in [0.1, 0.15) is 22.3 Å². The van der Waals surface area contributed by atoms with Gasteiger partial charge in [0.15, 0.2) is 11.6 Å². The summed E-state index contributed by atoms with van der Waals surface area (Å²) in [6, 6.07) is 4.72. The molecular formula is C20H19F5N4O4. The zero-order valence-electron chi connectivity index (χ0n) is 16.9. The number of likely N-dealkylation sites (tertiary alicyclic amines) is 1. The molecule has 1 atom stereocenters. The SMILES string of the molecule is NC(=O)c1cnc(N)c(OC[C@@H]2CC(F)(F)CN2C(=O)Cc2ccc(OC(F)(F)F)cc2)c1. The van der Waals surface area contributed by atoms with Crippen LogP contribution in [0.15, 0.2) is 36.5 Å². The van der Waals surface area contributed by atoms with Crippen molar-refractivity contribution < 1.29 is 41.0 Å². The fraction of sp³-hybridized carbons (Fsp3) is 0.350. The third-order valence-electron chi connectivity index (χ3n) is 4.81. The summed E-state index contributed by atoms with van der Waals surface area (Å²) in [5.41, 5.74) is 11.2. The van der Waals surface area contributed by atoms with Gasteiger partial charge in [-0.25, -0.2) is 13.8 Å². The van der Waals surface area contributed by atoms with Crippen molar-refractivity contribution in [2.75, 3.05) is 18.9 Å². The Labute approximate surface area is 184 Å². The van der Waals surface area contributed by atoms with Gasteiger partial charge in [-0.05, 0) is 23.8 Å². The Morgan fingerprint density at radius 3 is 2.48 bits per heavy atom. The first-order valence-electron chi connectivity index (χ1n) is 9.53. The third-order valence-corrected chi connectivity index (χ3v) is 4.81. The predicted octanol–water partition coefficient (Wildman–Crippen LogP) is 2.52. The molecule has 3 rings (SSSR count). The predicted molar refractivity (Wildman–Crippen MR) is 105 cm³/mol. The van der Waals surface area contributed by atoms with Crippen molar-refractivity contribution in [2.45, 2.75) is 31.2 Å². The number of pyridine rings is 1. The van der Waals surface area contributed by atoms with E-state index in [1.165, 1.54) is 18.2 Å². The van der Waals surface area contributed by atoms with E-state index in [0.717, 1.165) is 23.2 Å². The van der Waals surface area contributed by atoms with E-state index < -0.39 is 48.9 Å². The number of anilines is 1. The average Bonchev–Trinajstić information content (AvgIpc) is 3.02. The van der Waals surface area contributed by atoms with Crippen molar-refractivity contribution in [3.63, 3.8) is 0 Å². The first kappa shape index (κ1) is 24.0. The minimum atomic E-state index is -4.86. The van der Waals surface area contributed by atoms with Crippen LogP contribution in [0, 0.1) is 0 Å². The Bertz CT molecular complexity index is 1030. The number of aromatic nitrogens is 1. The molecule has 0 spiro atoms. The van der Waals surface area contributed by atoms with E-state index in [9.17, 15) is 31.5 Å². The molecular weight excluding hydrogens is 455 g/mol. The van der Waals surface area contributed by atoms with Gasteiger partial charge in [-0.3, -0.25) is 9.59 Å². The Kier molecular flexibility index (Phi) is 6.60. The summed E-state index contributed by atoms with van der Waals surface area (Å²) in [5, 5.41) is 0. The minimum absolute atomic E-state index is 0.00170. The van der Waals surface area contributed by atoms with E-state index in [1.807, 2.05) is 0 Å². The standard InChI is InChI=1S/C20H19F5N4O4/c21-19(22)7-13(9-32-15-6-12(18(27)31)8-28-17(15)26)29(10-19)16(30)5-11-1-3-14(4-2-11)33-20(23,24)25/h1-4,6,8,13H,5,7,9-10H2,(H2,26,28)(H2,27,31)/t13-/m0/s1. The van der Waals surface area contributed by atoms with Gasteiger partial charge in [-0.1, -0.05) is 12.1 Å². The molecule has 2 heterocycles. The van der Waals surface area contributed by atoms with Crippen LogP contribution in [-0.2, 0) is 11.2 Å². The number of nitrogen functional groups attached to an aromatic ring is 1. The molecule has 33 heavy (non-hydrogen) atoms. The maximum absolute atomic E-state index is 14.1. The van der Waals surface area contributed by atoms with Crippen LogP contribution in [0.25, 0.3) is 0 Å². The number of carbonyl (C=O) groups is 2. The average molecular weight is 474 g/mol. The highest BCUT2D eigenvalue weighted by atomic mass is 19.4. The fourth-order valence-corrected chi connectivity index (χ4v) is 3.32. The number of nitrogens with two attached hydrogens (primary N) is 2. The lowest BCUT2D eigenvalue weighted by Crippen LogP contribution is -2.40. The lowest BCUT2D eigenvalue weighted by molar-refractivity contribution is -0.274. The summed E-state index contributed by atoms with van der Waals surface area (Å²) in [6.07, 6.45) is -4.71. The molecule has 4 N–H and O–H groups in total. The van der Waals surface area contributed by atoms with Gasteiger partial charge in [-0.15, -0.1) is 13.2 Å². The number of ether oxygens (including phenoxy) is 2. The summed E-state index contributed by atoms with van der Waals surface area (Å²) in [7, 11) is 0. The molecule has 0 bridgehead atoms. The van der Waals surface area contributed by atoms with Crippen LogP contribution in [0.2, 0.25) is 0 Å². The second kappa shape index (κ2) is 9.08. The number of hydrogen-bond acceptors (Lipinski definition) is 6. The number of hydrogen-bond donors (Lipinski definition) is 2. The van der Waals surface area contributed by atoms with Gasteiger partial charge < -0.3 is 25.8 Å². The summed E-state index contributed by atoms with van der Waals surface area (Å²) in [4.78, 5) is 28.7. The van der Waals surface area contributed by atoms with E-state index in [4.69, 9.17) is 16.2 Å². The second-order valence-electron chi connectivity index (χ2n) is 7.39. The van der Waals surface area contributed by atoms with Gasteiger partial charge in [0, 0.05) is 12.6 Å². The van der Waals surface area contributed by atoms with Gasteiger partial charge in [0.25, 0.3) is 5.92 Å². The van der Waals surface area contributed by atoms with Crippen LogP contribution in [0.4, 0.5) is 27.8 Å². The monoisotopic (exact) mass is 474 g/mol. The number of nitrogens with zero attached hydrogens (tertiary/aromatic N) is 2. The molecule has 13 heteroatoms. The van der Waals surface area contributed by atoms with Gasteiger partial charge >= 0.3 is 6.36 Å². The Hall–Kier alpha value is -3.64. The van der Waals surface area contributed by atoms with Gasteiger partial charge in [-0.2, -0.15) is 0 Å². The third kappa shape index (κ3) is 6.43. The topological polar surface area (TPSA) is 121 Å². The quantitative estimate of drug-likeness (QED) is 0.595. The Morgan fingerprint density at radius 1 is 1.21 bits per heavy atom. The molecule has 8 nitrogen and oxygen atoms in total. The van der Waals surface area contributed by atoms with E-state index in [0.29, 0.717) is 5.56 Å². The summed E-state index contributed by atoms with van der Waals surface area (Å²) in [5.74, 6) is -5.22. The van der Waals surface area contributed by atoms with Crippen molar-refractivity contribution in [3.8, 4) is 11.5 Å². The largest absolute Gasteiger partial charge is 0.573 e. The molecule has 0 radical (unpaired) electrons. The summed E-state index contributed by atoms with van der Waals surface area (Å²) < 4.78 is 74.1. The number of primary amides is 1. The highest BCUT2D eigenvalue weighted by molar-refractivity contribution is 5.93. The molecule has 0 unspecified atom stereocenters. The van der Waals surface area contributed by atoms with E-state index in [2.05, 4.69) is 9.72 Å². The number of amides is 2. The molecule has 0 aliphatic carbocycles.